The molecular formula is C46H60P2. The van der Waals surface area contributed by atoms with Crippen molar-refractivity contribution >= 4 is 26.5 Å². The van der Waals surface area contributed by atoms with Gasteiger partial charge in [0.2, 0.25) is 0 Å². The maximum atomic E-state index is 2.71. The molecule has 0 unspecified atom stereocenters. The molecule has 2 heteroatoms. The number of aryl methyl sites for hydroxylation is 2. The summed E-state index contributed by atoms with van der Waals surface area (Å²) in [4.78, 5) is 0. The Morgan fingerprint density at radius 3 is 1.38 bits per heavy atom. The number of rotatable bonds is 8. The quantitative estimate of drug-likeness (QED) is 0.209. The minimum atomic E-state index is -0.500. The molecule has 8 aliphatic rings. The summed E-state index contributed by atoms with van der Waals surface area (Å²) in [7, 11) is -0.529. The third kappa shape index (κ3) is 5.90. The maximum absolute atomic E-state index is 2.71. The molecule has 8 aliphatic carbocycles. The van der Waals surface area contributed by atoms with Crippen molar-refractivity contribution in [1.82, 2.24) is 0 Å². The highest BCUT2D eigenvalue weighted by molar-refractivity contribution is 7.72. The van der Waals surface area contributed by atoms with E-state index in [1.54, 1.807) is 85.9 Å². The van der Waals surface area contributed by atoms with Crippen molar-refractivity contribution in [3.63, 3.8) is 0 Å². The molecule has 0 spiro atoms. The zero-order chi connectivity index (χ0) is 32.7. The van der Waals surface area contributed by atoms with E-state index in [-0.39, 0.29) is 13.3 Å². The van der Waals surface area contributed by atoms with Gasteiger partial charge < -0.3 is 0 Å². The summed E-state index contributed by atoms with van der Waals surface area (Å²) < 4.78 is 0. The minimum absolute atomic E-state index is 0.0294. The van der Waals surface area contributed by atoms with E-state index in [0.717, 1.165) is 58.7 Å². The Bertz CT molecular complexity index is 1500. The summed E-state index contributed by atoms with van der Waals surface area (Å²) >= 11 is 0. The lowest BCUT2D eigenvalue weighted by atomic mass is 9.55. The molecule has 11 rings (SSSR count). The molecule has 48 heavy (non-hydrogen) atoms. The molecule has 0 radical (unpaired) electrons. The standard InChI is InChI=1S/C46H60P2/c1-29-10-6-8-12-42(29)47(43-13-9-7-11-30(43)2)28-40-26-41(46(3,4)5)15-14-35(40)27-48(44-36-18-31-16-32(20-36)21-37(44)19-31)45-38-22-33-17-34(24-38)25-39(45)23-33/h6-15,26,31-34,36-39,44-45H,16-25,27-28H2,1-5H3. The predicted molar refractivity (Wildman–Crippen MR) is 210 cm³/mol. The second-order valence-electron chi connectivity index (χ2n) is 18.9. The van der Waals surface area contributed by atoms with Gasteiger partial charge in [0.25, 0.3) is 0 Å². The second-order valence-corrected chi connectivity index (χ2v) is 23.6. The van der Waals surface area contributed by atoms with Gasteiger partial charge in [-0.05, 0) is 195 Å². The summed E-state index contributed by atoms with van der Waals surface area (Å²) in [6.45, 7) is 12.0. The zero-order valence-electron chi connectivity index (χ0n) is 30.5. The van der Waals surface area contributed by atoms with Gasteiger partial charge >= 0.3 is 0 Å². The van der Waals surface area contributed by atoms with Gasteiger partial charge in [-0.25, -0.2) is 0 Å². The van der Waals surface area contributed by atoms with Crippen LogP contribution in [-0.4, -0.2) is 11.3 Å². The van der Waals surface area contributed by atoms with Crippen LogP contribution >= 0.6 is 15.8 Å². The Morgan fingerprint density at radius 1 is 0.521 bits per heavy atom. The molecule has 0 saturated heterocycles. The third-order valence-electron chi connectivity index (χ3n) is 14.7. The molecule has 8 saturated carbocycles. The fraction of sp³-hybridized carbons (Fsp3) is 0.609. The van der Waals surface area contributed by atoms with Crippen LogP contribution in [0.2, 0.25) is 0 Å². The van der Waals surface area contributed by atoms with E-state index in [1.165, 1.54) is 29.0 Å². The molecule has 0 heterocycles. The van der Waals surface area contributed by atoms with Crippen molar-refractivity contribution in [3.05, 3.63) is 94.5 Å². The number of benzene rings is 3. The normalized spacial score (nSPS) is 35.5. The minimum Gasteiger partial charge on any atom is -0.0947 e. The largest absolute Gasteiger partial charge is 0.0947 e. The van der Waals surface area contributed by atoms with Crippen molar-refractivity contribution in [2.45, 2.75) is 128 Å². The Morgan fingerprint density at radius 2 is 0.958 bits per heavy atom. The van der Waals surface area contributed by atoms with Crippen LogP contribution in [0.15, 0.2) is 66.7 Å². The molecule has 0 nitrogen and oxygen atoms in total. The van der Waals surface area contributed by atoms with Crippen LogP contribution in [0.4, 0.5) is 0 Å². The van der Waals surface area contributed by atoms with Gasteiger partial charge in [-0.2, -0.15) is 0 Å². The molecule has 8 fully saturated rings. The Kier molecular flexibility index (Phi) is 8.53. The first-order valence-corrected chi connectivity index (χ1v) is 23.1. The van der Waals surface area contributed by atoms with Crippen LogP contribution < -0.4 is 10.6 Å². The zero-order valence-corrected chi connectivity index (χ0v) is 32.3. The van der Waals surface area contributed by atoms with E-state index < -0.39 is 7.92 Å². The van der Waals surface area contributed by atoms with Crippen LogP contribution in [0.1, 0.15) is 113 Å². The highest BCUT2D eigenvalue weighted by Crippen LogP contribution is 2.72. The van der Waals surface area contributed by atoms with Crippen LogP contribution in [0, 0.1) is 61.2 Å². The summed E-state index contributed by atoms with van der Waals surface area (Å²) in [5.41, 5.74) is 10.2. The van der Waals surface area contributed by atoms with Crippen LogP contribution in [0.3, 0.4) is 0 Å². The van der Waals surface area contributed by atoms with Crippen LogP contribution in [-0.2, 0) is 17.7 Å². The van der Waals surface area contributed by atoms with E-state index in [9.17, 15) is 0 Å². The van der Waals surface area contributed by atoms with Gasteiger partial charge in [0.1, 0.15) is 0 Å². The first-order valence-electron chi connectivity index (χ1n) is 19.9. The summed E-state index contributed by atoms with van der Waals surface area (Å²) in [5.74, 6) is 8.52. The van der Waals surface area contributed by atoms with Gasteiger partial charge in [0.15, 0.2) is 0 Å². The van der Waals surface area contributed by atoms with Gasteiger partial charge in [-0.1, -0.05) is 95.4 Å². The Balaban J connectivity index is 1.14. The molecule has 8 bridgehead atoms. The van der Waals surface area contributed by atoms with Crippen LogP contribution in [0.5, 0.6) is 0 Å². The molecule has 0 atom stereocenters. The van der Waals surface area contributed by atoms with Crippen molar-refractivity contribution in [2.75, 3.05) is 0 Å². The van der Waals surface area contributed by atoms with Gasteiger partial charge in [-0.3, -0.25) is 0 Å². The molecule has 0 aliphatic heterocycles. The maximum Gasteiger partial charge on any atom is 0.00106 e. The molecule has 0 N–H and O–H groups in total. The SMILES string of the molecule is Cc1ccccc1P(Cc1cc(C(C)(C)C)ccc1CP(C1C2CC3CC(C2)CC1C3)C1C2CC3CC(C2)CC1C3)c1ccccc1C. The highest BCUT2D eigenvalue weighted by atomic mass is 31.1. The third-order valence-corrected chi connectivity index (χ3v) is 21.4. The average Bonchev–Trinajstić information content (AvgIpc) is 3.03. The predicted octanol–water partition coefficient (Wildman–Crippen LogP) is 11.9. The Labute approximate surface area is 295 Å². The lowest BCUT2D eigenvalue weighted by Crippen LogP contribution is -2.52. The van der Waals surface area contributed by atoms with E-state index >= 15 is 0 Å². The molecule has 3 aromatic rings. The summed E-state index contributed by atoms with van der Waals surface area (Å²) in [6, 6.07) is 26.6. The van der Waals surface area contributed by atoms with E-state index in [4.69, 9.17) is 0 Å². The number of hydrogen-bond acceptors (Lipinski definition) is 0. The lowest BCUT2D eigenvalue weighted by Gasteiger charge is -2.62. The first-order chi connectivity index (χ1) is 23.2. The molecule has 254 valence electrons. The fourth-order valence-corrected chi connectivity index (χ4v) is 20.5. The highest BCUT2D eigenvalue weighted by Gasteiger charge is 2.56. The van der Waals surface area contributed by atoms with Crippen molar-refractivity contribution in [2.24, 2.45) is 47.3 Å². The van der Waals surface area contributed by atoms with Gasteiger partial charge in [-0.15, -0.1) is 0 Å². The lowest BCUT2D eigenvalue weighted by molar-refractivity contribution is 0.0129. The van der Waals surface area contributed by atoms with Crippen LogP contribution in [0.25, 0.3) is 0 Å². The van der Waals surface area contributed by atoms with E-state index in [0.29, 0.717) is 0 Å². The average molecular weight is 675 g/mol. The van der Waals surface area contributed by atoms with Crippen molar-refractivity contribution in [3.8, 4) is 0 Å². The van der Waals surface area contributed by atoms with E-state index in [1.807, 2.05) is 0 Å². The topological polar surface area (TPSA) is 0 Å². The summed E-state index contributed by atoms with van der Waals surface area (Å²) in [5, 5.41) is 3.16. The monoisotopic (exact) mass is 674 g/mol. The Hall–Kier alpha value is -1.48. The first kappa shape index (κ1) is 32.4. The van der Waals surface area contributed by atoms with Crippen molar-refractivity contribution in [1.29, 1.82) is 0 Å². The molecular weight excluding hydrogens is 614 g/mol. The second kappa shape index (κ2) is 12.6. The fourth-order valence-electron chi connectivity index (χ4n) is 13.1. The van der Waals surface area contributed by atoms with E-state index in [2.05, 4.69) is 101 Å². The molecule has 3 aromatic carbocycles. The molecule has 0 amide bonds. The van der Waals surface area contributed by atoms with Gasteiger partial charge in [0.05, 0.1) is 0 Å². The smallest absolute Gasteiger partial charge is 0.00106 e. The van der Waals surface area contributed by atoms with Crippen molar-refractivity contribution < 1.29 is 0 Å². The van der Waals surface area contributed by atoms with Gasteiger partial charge in [0, 0.05) is 6.16 Å². The molecule has 0 aromatic heterocycles. The number of hydrogen-bond donors (Lipinski definition) is 0. The summed E-state index contributed by atoms with van der Waals surface area (Å²) in [6.07, 6.45) is 18.5.